The molecule has 0 bridgehead atoms. The molecule has 0 fully saturated rings. The van der Waals surface area contributed by atoms with Crippen LogP contribution in [0.4, 0.5) is 13.2 Å². The molecule has 0 spiro atoms. The zero-order valence-corrected chi connectivity index (χ0v) is 15.1. The van der Waals surface area contributed by atoms with Crippen LogP contribution in [0.25, 0.3) is 10.9 Å². The average molecular weight is 404 g/mol. The van der Waals surface area contributed by atoms with Crippen molar-refractivity contribution < 1.29 is 22.8 Å². The number of nitrogens with one attached hydrogen (secondary N) is 2. The van der Waals surface area contributed by atoms with Crippen LogP contribution in [0.3, 0.4) is 0 Å². The van der Waals surface area contributed by atoms with E-state index in [1.165, 1.54) is 13.1 Å². The zero-order valence-electron chi connectivity index (χ0n) is 15.1. The van der Waals surface area contributed by atoms with Crippen molar-refractivity contribution in [2.75, 3.05) is 7.05 Å². The van der Waals surface area contributed by atoms with Gasteiger partial charge in [0.1, 0.15) is 18.4 Å². The number of halogens is 3. The Morgan fingerprint density at radius 1 is 1.10 bits per heavy atom. The van der Waals surface area contributed by atoms with Crippen LogP contribution in [0.5, 0.6) is 0 Å². The lowest BCUT2D eigenvalue weighted by molar-refractivity contribution is -0.129. The fourth-order valence-electron chi connectivity index (χ4n) is 2.74. The summed E-state index contributed by atoms with van der Waals surface area (Å²) in [6.07, 6.45) is 1.12. The first-order chi connectivity index (χ1) is 13.8. The molecule has 0 aliphatic heterocycles. The lowest BCUT2D eigenvalue weighted by Gasteiger charge is -2.18. The van der Waals surface area contributed by atoms with E-state index in [2.05, 4.69) is 15.6 Å². The minimum Gasteiger partial charge on any atom is -0.357 e. The minimum atomic E-state index is -1.32. The highest BCUT2D eigenvalue weighted by atomic mass is 19.2. The minimum absolute atomic E-state index is 0.0104. The highest BCUT2D eigenvalue weighted by Gasteiger charge is 2.23. The Bertz CT molecular complexity index is 1160. The maximum Gasteiger partial charge on any atom is 0.261 e. The van der Waals surface area contributed by atoms with Crippen molar-refractivity contribution in [2.24, 2.45) is 0 Å². The Morgan fingerprint density at radius 2 is 1.86 bits per heavy atom. The van der Waals surface area contributed by atoms with E-state index in [4.69, 9.17) is 0 Å². The van der Waals surface area contributed by atoms with Gasteiger partial charge in [-0.3, -0.25) is 19.0 Å². The number of benzene rings is 2. The third kappa shape index (κ3) is 4.26. The second kappa shape index (κ2) is 8.13. The number of amides is 2. The molecule has 29 heavy (non-hydrogen) atoms. The Kier molecular flexibility index (Phi) is 5.62. The number of fused-ring (bicyclic) bond motifs is 1. The van der Waals surface area contributed by atoms with E-state index >= 15 is 0 Å². The molecule has 2 aromatic carbocycles. The summed E-state index contributed by atoms with van der Waals surface area (Å²) in [5.41, 5.74) is -0.366. The Hall–Kier alpha value is -3.69. The number of rotatable bonds is 5. The Labute approximate surface area is 162 Å². The second-order valence-corrected chi connectivity index (χ2v) is 6.13. The van der Waals surface area contributed by atoms with E-state index < -0.39 is 47.4 Å². The molecule has 2 N–H and O–H groups in total. The summed E-state index contributed by atoms with van der Waals surface area (Å²) in [6.45, 7) is -0.518. The van der Waals surface area contributed by atoms with Crippen LogP contribution in [0.2, 0.25) is 0 Å². The topological polar surface area (TPSA) is 93.1 Å². The summed E-state index contributed by atoms with van der Waals surface area (Å²) >= 11 is 0. The summed E-state index contributed by atoms with van der Waals surface area (Å²) in [5, 5.41) is 4.67. The summed E-state index contributed by atoms with van der Waals surface area (Å²) in [4.78, 5) is 41.0. The molecule has 1 heterocycles. The molecule has 0 saturated heterocycles. The van der Waals surface area contributed by atoms with Gasteiger partial charge in [0, 0.05) is 7.05 Å². The summed E-state index contributed by atoms with van der Waals surface area (Å²) in [6, 6.07) is 4.96. The predicted molar refractivity (Wildman–Crippen MR) is 97.3 cm³/mol. The van der Waals surface area contributed by atoms with Gasteiger partial charge in [-0.05, 0) is 35.9 Å². The van der Waals surface area contributed by atoms with Gasteiger partial charge in [0.25, 0.3) is 5.56 Å². The number of hydrogen-bond acceptors (Lipinski definition) is 4. The van der Waals surface area contributed by atoms with Crippen LogP contribution in [-0.4, -0.2) is 28.4 Å². The number of aromatic nitrogens is 2. The first-order valence-electron chi connectivity index (χ1n) is 8.40. The van der Waals surface area contributed by atoms with Gasteiger partial charge < -0.3 is 10.6 Å². The Morgan fingerprint density at radius 3 is 2.55 bits per heavy atom. The lowest BCUT2D eigenvalue weighted by atomic mass is 10.1. The highest BCUT2D eigenvalue weighted by Crippen LogP contribution is 2.17. The van der Waals surface area contributed by atoms with E-state index in [0.29, 0.717) is 0 Å². The van der Waals surface area contributed by atoms with Gasteiger partial charge in [0.15, 0.2) is 11.6 Å². The molecule has 7 nitrogen and oxygen atoms in total. The van der Waals surface area contributed by atoms with Gasteiger partial charge in [-0.15, -0.1) is 0 Å². The van der Waals surface area contributed by atoms with Crippen molar-refractivity contribution in [3.8, 4) is 0 Å². The largest absolute Gasteiger partial charge is 0.357 e. The van der Waals surface area contributed by atoms with Gasteiger partial charge >= 0.3 is 0 Å². The molecule has 2 amide bonds. The molecule has 0 saturated carbocycles. The lowest BCUT2D eigenvalue weighted by Crippen LogP contribution is -2.41. The van der Waals surface area contributed by atoms with Crippen molar-refractivity contribution >= 4 is 22.7 Å². The average Bonchev–Trinajstić information content (AvgIpc) is 2.70. The summed E-state index contributed by atoms with van der Waals surface area (Å²) in [5.74, 6) is -4.34. The van der Waals surface area contributed by atoms with Crippen LogP contribution < -0.4 is 16.2 Å². The summed E-state index contributed by atoms with van der Waals surface area (Å²) < 4.78 is 41.0. The molecule has 1 aromatic heterocycles. The molecule has 3 rings (SSSR count). The van der Waals surface area contributed by atoms with E-state index in [0.717, 1.165) is 41.2 Å². The normalized spacial score (nSPS) is 11.9. The van der Waals surface area contributed by atoms with Gasteiger partial charge in [0.05, 0.1) is 17.2 Å². The predicted octanol–water partition coefficient (Wildman–Crippen LogP) is 1.42. The highest BCUT2D eigenvalue weighted by molar-refractivity contribution is 5.88. The van der Waals surface area contributed by atoms with E-state index in [9.17, 15) is 27.6 Å². The number of carbonyl (C=O) groups excluding carboxylic acids is 2. The smallest absolute Gasteiger partial charge is 0.261 e. The molecule has 10 heteroatoms. The SMILES string of the molecule is CNC(=O)C(NC(=O)Cn1cnc2ccc(F)cc2c1=O)c1ccc(F)c(F)c1. The van der Waals surface area contributed by atoms with E-state index in [1.54, 1.807) is 0 Å². The van der Waals surface area contributed by atoms with Crippen LogP contribution in [-0.2, 0) is 16.1 Å². The van der Waals surface area contributed by atoms with Gasteiger partial charge in [-0.25, -0.2) is 18.2 Å². The van der Waals surface area contributed by atoms with Gasteiger partial charge in [-0.1, -0.05) is 6.07 Å². The maximum absolute atomic E-state index is 13.5. The van der Waals surface area contributed by atoms with Crippen molar-refractivity contribution in [3.05, 3.63) is 76.1 Å². The fourth-order valence-corrected chi connectivity index (χ4v) is 2.74. The number of hydrogen-bond donors (Lipinski definition) is 2. The quantitative estimate of drug-likeness (QED) is 0.673. The zero-order chi connectivity index (χ0) is 21.1. The molecular weight excluding hydrogens is 389 g/mol. The number of likely N-dealkylation sites (N-methyl/N-ethyl adjacent to an activating group) is 1. The van der Waals surface area contributed by atoms with Crippen LogP contribution in [0.1, 0.15) is 11.6 Å². The van der Waals surface area contributed by atoms with Crippen LogP contribution in [0, 0.1) is 17.5 Å². The molecule has 1 atom stereocenters. The van der Waals surface area contributed by atoms with Crippen molar-refractivity contribution in [3.63, 3.8) is 0 Å². The van der Waals surface area contributed by atoms with Crippen molar-refractivity contribution in [1.29, 1.82) is 0 Å². The molecule has 3 aromatic rings. The van der Waals surface area contributed by atoms with Crippen molar-refractivity contribution in [2.45, 2.75) is 12.6 Å². The molecular formula is C19H15F3N4O3. The number of nitrogens with zero attached hydrogens (tertiary/aromatic N) is 2. The van der Waals surface area contributed by atoms with Gasteiger partial charge in [-0.2, -0.15) is 0 Å². The maximum atomic E-state index is 13.5. The number of carbonyl (C=O) groups is 2. The van der Waals surface area contributed by atoms with E-state index in [1.807, 2.05) is 0 Å². The molecule has 1 unspecified atom stereocenters. The third-order valence-corrected chi connectivity index (χ3v) is 4.19. The molecule has 0 aliphatic rings. The van der Waals surface area contributed by atoms with Crippen molar-refractivity contribution in [1.82, 2.24) is 20.2 Å². The molecule has 150 valence electrons. The first-order valence-corrected chi connectivity index (χ1v) is 8.40. The van der Waals surface area contributed by atoms with Gasteiger partial charge in [0.2, 0.25) is 11.8 Å². The monoisotopic (exact) mass is 404 g/mol. The molecule has 0 radical (unpaired) electrons. The molecule has 0 aliphatic carbocycles. The first kappa shape index (κ1) is 20.1. The van der Waals surface area contributed by atoms with Crippen LogP contribution >= 0.6 is 0 Å². The third-order valence-electron chi connectivity index (χ3n) is 4.19. The van der Waals surface area contributed by atoms with E-state index in [-0.39, 0.29) is 16.5 Å². The van der Waals surface area contributed by atoms with Crippen LogP contribution in [0.15, 0.2) is 47.5 Å². The standard InChI is InChI=1S/C19H15F3N4O3/c1-23-18(28)17(10-2-4-13(21)14(22)6-10)25-16(27)8-26-9-24-15-5-3-11(20)7-12(15)19(26)29/h2-7,9,17H,8H2,1H3,(H,23,28)(H,25,27). The summed E-state index contributed by atoms with van der Waals surface area (Å²) in [7, 11) is 1.31. The second-order valence-electron chi connectivity index (χ2n) is 6.13. The Balaban J connectivity index is 1.86. The fraction of sp³-hybridized carbons (Fsp3) is 0.158.